The second-order valence-corrected chi connectivity index (χ2v) is 7.26. The molecule has 3 N–H and O–H groups in total. The van der Waals surface area contributed by atoms with Crippen LogP contribution in [0.1, 0.15) is 34.4 Å². The topological polar surface area (TPSA) is 87.1 Å². The second kappa shape index (κ2) is 11.5. The molecule has 1 fully saturated rings. The third-order valence-electron chi connectivity index (χ3n) is 4.96. The van der Waals surface area contributed by atoms with Crippen LogP contribution in [0.2, 0.25) is 0 Å². The van der Waals surface area contributed by atoms with Crippen LogP contribution in [-0.2, 0) is 19.3 Å². The number of aliphatic imine (C=N–C) groups is 1. The van der Waals surface area contributed by atoms with Gasteiger partial charge in [-0.1, -0.05) is 18.2 Å². The van der Waals surface area contributed by atoms with E-state index in [9.17, 15) is 18.0 Å². The van der Waals surface area contributed by atoms with Crippen molar-refractivity contribution in [1.29, 1.82) is 0 Å². The van der Waals surface area contributed by atoms with Gasteiger partial charge in [0.2, 0.25) is 0 Å². The van der Waals surface area contributed by atoms with Crippen molar-refractivity contribution in [3.63, 3.8) is 0 Å². The highest BCUT2D eigenvalue weighted by Gasteiger charge is 2.30. The maximum Gasteiger partial charge on any atom is 0.416 e. The van der Waals surface area contributed by atoms with Gasteiger partial charge >= 0.3 is 6.18 Å². The van der Waals surface area contributed by atoms with Crippen LogP contribution in [0.25, 0.3) is 0 Å². The lowest BCUT2D eigenvalue weighted by Gasteiger charge is -2.36. The third kappa shape index (κ3) is 7.12. The van der Waals surface area contributed by atoms with E-state index in [4.69, 9.17) is 10.2 Å². The molecule has 0 bridgehead atoms. The minimum absolute atomic E-state index is 0. The van der Waals surface area contributed by atoms with E-state index in [1.807, 2.05) is 6.92 Å². The fourth-order valence-electron chi connectivity index (χ4n) is 3.40. The summed E-state index contributed by atoms with van der Waals surface area (Å²) in [6, 6.07) is 8.65. The normalized spacial score (nSPS) is 15.4. The molecule has 1 saturated heterocycles. The van der Waals surface area contributed by atoms with Crippen molar-refractivity contribution >= 4 is 35.8 Å². The van der Waals surface area contributed by atoms with Crippen LogP contribution in [0.15, 0.2) is 45.8 Å². The van der Waals surface area contributed by atoms with Gasteiger partial charge in [-0.25, -0.2) is 4.99 Å². The number of amides is 1. The number of rotatable bonds is 6. The molecule has 7 nitrogen and oxygen atoms in total. The van der Waals surface area contributed by atoms with Crippen LogP contribution in [0.4, 0.5) is 13.2 Å². The van der Waals surface area contributed by atoms with Crippen LogP contribution in [-0.4, -0.2) is 54.4 Å². The Labute approximate surface area is 201 Å². The molecular weight excluding hydrogens is 538 g/mol. The summed E-state index contributed by atoms with van der Waals surface area (Å²) >= 11 is 0. The summed E-state index contributed by atoms with van der Waals surface area (Å²) in [4.78, 5) is 19.9. The van der Waals surface area contributed by atoms with Gasteiger partial charge in [0, 0.05) is 39.3 Å². The van der Waals surface area contributed by atoms with E-state index in [1.165, 1.54) is 18.2 Å². The molecule has 2 aromatic rings. The average molecular weight is 565 g/mol. The number of hydrogen-bond acceptors (Lipinski definition) is 4. The highest BCUT2D eigenvalue weighted by atomic mass is 127. The maximum absolute atomic E-state index is 12.9. The number of primary amides is 1. The van der Waals surface area contributed by atoms with Crippen LogP contribution in [0.5, 0.6) is 0 Å². The Morgan fingerprint density at radius 2 is 1.91 bits per heavy atom. The van der Waals surface area contributed by atoms with Gasteiger partial charge in [-0.2, -0.15) is 13.2 Å². The first-order valence-corrected chi connectivity index (χ1v) is 10.1. The van der Waals surface area contributed by atoms with Gasteiger partial charge in [0.15, 0.2) is 11.7 Å². The molecule has 1 aliphatic heterocycles. The van der Waals surface area contributed by atoms with E-state index in [2.05, 4.69) is 20.1 Å². The Balaban J connectivity index is 0.00000363. The van der Waals surface area contributed by atoms with Crippen LogP contribution >= 0.6 is 24.0 Å². The number of piperazine rings is 1. The van der Waals surface area contributed by atoms with Gasteiger partial charge in [-0.15, -0.1) is 24.0 Å². The molecule has 1 aromatic heterocycles. The monoisotopic (exact) mass is 565 g/mol. The van der Waals surface area contributed by atoms with Gasteiger partial charge in [-0.3, -0.25) is 9.69 Å². The van der Waals surface area contributed by atoms with Crippen molar-refractivity contribution in [2.24, 2.45) is 10.7 Å². The highest BCUT2D eigenvalue weighted by molar-refractivity contribution is 14.0. The Bertz CT molecular complexity index is 924. The molecule has 11 heteroatoms. The van der Waals surface area contributed by atoms with Crippen LogP contribution in [0, 0.1) is 0 Å². The molecule has 32 heavy (non-hydrogen) atoms. The van der Waals surface area contributed by atoms with Gasteiger partial charge < -0.3 is 20.4 Å². The van der Waals surface area contributed by atoms with Crippen LogP contribution < -0.4 is 11.1 Å². The number of carbonyl (C=O) groups is 1. The van der Waals surface area contributed by atoms with Crippen molar-refractivity contribution in [2.45, 2.75) is 26.2 Å². The number of guanidine groups is 1. The van der Waals surface area contributed by atoms with E-state index in [0.29, 0.717) is 50.6 Å². The number of carbonyl (C=O) groups excluding carboxylic acids is 1. The van der Waals surface area contributed by atoms with Gasteiger partial charge in [-0.05, 0) is 30.7 Å². The summed E-state index contributed by atoms with van der Waals surface area (Å²) in [7, 11) is 0. The second-order valence-electron chi connectivity index (χ2n) is 7.26. The molecule has 0 aliphatic carbocycles. The Kier molecular flexibility index (Phi) is 9.37. The zero-order chi connectivity index (χ0) is 22.4. The van der Waals surface area contributed by atoms with Crippen molar-refractivity contribution < 1.29 is 22.4 Å². The zero-order valence-electron chi connectivity index (χ0n) is 17.7. The number of hydrogen-bond donors (Lipinski definition) is 2. The SMILES string of the molecule is CCNC(=NCc1ccc(C(N)=O)o1)N1CCN(Cc2cccc(C(F)(F)F)c2)CC1.I. The predicted molar refractivity (Wildman–Crippen MR) is 126 cm³/mol. The molecule has 0 unspecified atom stereocenters. The van der Waals surface area contributed by atoms with Crippen molar-refractivity contribution in [2.75, 3.05) is 32.7 Å². The minimum atomic E-state index is -4.34. The first-order chi connectivity index (χ1) is 14.8. The first kappa shape index (κ1) is 26.0. The van der Waals surface area contributed by atoms with Crippen molar-refractivity contribution in [3.8, 4) is 0 Å². The lowest BCUT2D eigenvalue weighted by molar-refractivity contribution is -0.137. The number of alkyl halides is 3. The smallest absolute Gasteiger partial charge is 0.416 e. The number of furan rings is 1. The number of halogens is 4. The van der Waals surface area contributed by atoms with Crippen LogP contribution in [0.3, 0.4) is 0 Å². The molecule has 1 amide bonds. The van der Waals surface area contributed by atoms with E-state index >= 15 is 0 Å². The lowest BCUT2D eigenvalue weighted by atomic mass is 10.1. The number of nitrogens with one attached hydrogen (secondary N) is 1. The maximum atomic E-state index is 12.9. The minimum Gasteiger partial charge on any atom is -0.454 e. The molecule has 0 saturated carbocycles. The summed E-state index contributed by atoms with van der Waals surface area (Å²) in [6.45, 7) is 6.17. The molecule has 176 valence electrons. The van der Waals surface area contributed by atoms with Gasteiger partial charge in [0.1, 0.15) is 12.3 Å². The first-order valence-electron chi connectivity index (χ1n) is 10.1. The molecule has 0 radical (unpaired) electrons. The number of benzene rings is 1. The lowest BCUT2D eigenvalue weighted by Crippen LogP contribution is -2.52. The number of nitrogens with zero attached hydrogens (tertiary/aromatic N) is 3. The van der Waals surface area contributed by atoms with Gasteiger partial charge in [0.05, 0.1) is 5.56 Å². The molecule has 1 aromatic carbocycles. The Morgan fingerprint density at radius 1 is 1.19 bits per heavy atom. The largest absolute Gasteiger partial charge is 0.454 e. The van der Waals surface area contributed by atoms with E-state index < -0.39 is 17.6 Å². The molecule has 2 heterocycles. The molecule has 0 spiro atoms. The molecule has 1 aliphatic rings. The van der Waals surface area contributed by atoms with E-state index in [-0.39, 0.29) is 36.3 Å². The summed E-state index contributed by atoms with van der Waals surface area (Å²) < 4.78 is 44.1. The Morgan fingerprint density at radius 3 is 2.50 bits per heavy atom. The summed E-state index contributed by atoms with van der Waals surface area (Å²) in [5, 5.41) is 3.24. The fraction of sp³-hybridized carbons (Fsp3) is 0.429. The van der Waals surface area contributed by atoms with E-state index in [0.717, 1.165) is 12.0 Å². The van der Waals surface area contributed by atoms with E-state index in [1.54, 1.807) is 12.1 Å². The summed E-state index contributed by atoms with van der Waals surface area (Å²) in [6.07, 6.45) is -4.34. The quantitative estimate of drug-likeness (QED) is 0.319. The fourth-order valence-corrected chi connectivity index (χ4v) is 3.40. The third-order valence-corrected chi connectivity index (χ3v) is 4.96. The standard InChI is InChI=1S/C21H26F3N5O2.HI/c1-2-26-20(27-13-17-6-7-18(31-17)19(25)30)29-10-8-28(9-11-29)14-15-4-3-5-16(12-15)21(22,23)24;/h3-7,12H,2,8-11,13-14H2,1H3,(H2,25,30)(H,26,27);1H. The van der Waals surface area contributed by atoms with Crippen molar-refractivity contribution in [1.82, 2.24) is 15.1 Å². The highest BCUT2D eigenvalue weighted by Crippen LogP contribution is 2.29. The molecule has 3 rings (SSSR count). The predicted octanol–water partition coefficient (Wildman–Crippen LogP) is 3.30. The number of nitrogens with two attached hydrogens (primary N) is 1. The molecular formula is C21H27F3IN5O2. The summed E-state index contributed by atoms with van der Waals surface area (Å²) in [5.74, 6) is 0.725. The van der Waals surface area contributed by atoms with Crippen molar-refractivity contribution in [3.05, 3.63) is 59.0 Å². The average Bonchev–Trinajstić information content (AvgIpc) is 3.21. The summed E-state index contributed by atoms with van der Waals surface area (Å²) in [5.41, 5.74) is 5.22. The zero-order valence-corrected chi connectivity index (χ0v) is 20.0. The van der Waals surface area contributed by atoms with Gasteiger partial charge in [0.25, 0.3) is 5.91 Å². The Hall–Kier alpha value is -2.28. The molecule has 0 atom stereocenters.